The average Bonchev–Trinajstić information content (AvgIpc) is 2.38. The molecule has 1 aliphatic rings. The maximum absolute atomic E-state index is 11.7. The summed E-state index contributed by atoms with van der Waals surface area (Å²) in [6.07, 6.45) is 5.81. The van der Waals surface area contributed by atoms with Crippen molar-refractivity contribution in [3.05, 3.63) is 0 Å². The fourth-order valence-corrected chi connectivity index (χ4v) is 3.25. The Hall–Kier alpha value is -0.610. The van der Waals surface area contributed by atoms with Crippen molar-refractivity contribution in [2.75, 3.05) is 19.6 Å². The van der Waals surface area contributed by atoms with Crippen molar-refractivity contribution in [1.82, 2.24) is 10.2 Å². The number of primary amides is 1. The number of nitrogens with zero attached hydrogens (tertiary/aromatic N) is 1. The summed E-state index contributed by atoms with van der Waals surface area (Å²) in [5.74, 6) is 0.622. The molecule has 0 radical (unpaired) electrons. The Morgan fingerprint density at radius 2 is 2.20 bits per heavy atom. The number of rotatable bonds is 8. The van der Waals surface area contributed by atoms with Crippen molar-refractivity contribution in [3.8, 4) is 0 Å². The molecule has 1 heterocycles. The molecule has 1 rings (SSSR count). The van der Waals surface area contributed by atoms with Gasteiger partial charge in [0, 0.05) is 12.6 Å². The van der Waals surface area contributed by atoms with E-state index in [9.17, 15) is 4.79 Å². The van der Waals surface area contributed by atoms with Crippen molar-refractivity contribution < 1.29 is 4.79 Å². The largest absolute Gasteiger partial charge is 0.368 e. The Morgan fingerprint density at radius 3 is 2.75 bits per heavy atom. The summed E-state index contributed by atoms with van der Waals surface area (Å²) >= 11 is 0. The molecule has 0 aromatic heterocycles. The number of carbonyl (C=O) groups is 1. The van der Waals surface area contributed by atoms with E-state index >= 15 is 0 Å². The monoisotopic (exact) mass is 283 g/mol. The summed E-state index contributed by atoms with van der Waals surface area (Å²) in [6.45, 7) is 11.8. The first-order chi connectivity index (χ1) is 9.37. The van der Waals surface area contributed by atoms with Crippen molar-refractivity contribution in [2.45, 2.75) is 71.4 Å². The fraction of sp³-hybridized carbons (Fsp3) is 0.938. The third-order valence-electron chi connectivity index (χ3n) is 4.48. The zero-order valence-corrected chi connectivity index (χ0v) is 13.7. The van der Waals surface area contributed by atoms with Crippen LogP contribution in [0.2, 0.25) is 0 Å². The number of carbonyl (C=O) groups excluding carboxylic acids is 1. The quantitative estimate of drug-likeness (QED) is 0.717. The summed E-state index contributed by atoms with van der Waals surface area (Å²) in [7, 11) is 0. The number of hydrogen-bond acceptors (Lipinski definition) is 3. The van der Waals surface area contributed by atoms with E-state index in [0.29, 0.717) is 0 Å². The van der Waals surface area contributed by atoms with Crippen molar-refractivity contribution >= 4 is 5.91 Å². The van der Waals surface area contributed by atoms with Crippen LogP contribution in [-0.2, 0) is 4.79 Å². The number of hydrogen-bond donors (Lipinski definition) is 2. The minimum atomic E-state index is -0.575. The smallest absolute Gasteiger partial charge is 0.237 e. The summed E-state index contributed by atoms with van der Waals surface area (Å²) in [6, 6.07) is 0.270. The predicted molar refractivity (Wildman–Crippen MR) is 84.6 cm³/mol. The van der Waals surface area contributed by atoms with Crippen LogP contribution in [0.5, 0.6) is 0 Å². The van der Waals surface area contributed by atoms with Gasteiger partial charge in [-0.3, -0.25) is 4.79 Å². The van der Waals surface area contributed by atoms with Gasteiger partial charge >= 0.3 is 0 Å². The molecule has 2 unspecified atom stereocenters. The van der Waals surface area contributed by atoms with Crippen LogP contribution in [0.1, 0.15) is 59.8 Å². The van der Waals surface area contributed by atoms with E-state index in [1.807, 2.05) is 6.92 Å². The van der Waals surface area contributed by atoms with Crippen LogP contribution in [-0.4, -0.2) is 42.0 Å². The minimum Gasteiger partial charge on any atom is -0.368 e. The van der Waals surface area contributed by atoms with Crippen molar-refractivity contribution in [2.24, 2.45) is 11.7 Å². The molecule has 1 saturated heterocycles. The molecular weight excluding hydrogens is 250 g/mol. The summed E-state index contributed by atoms with van der Waals surface area (Å²) in [5.41, 5.74) is 4.99. The summed E-state index contributed by atoms with van der Waals surface area (Å²) in [4.78, 5) is 14.2. The first-order valence-electron chi connectivity index (χ1n) is 8.17. The molecule has 3 N–H and O–H groups in total. The van der Waals surface area contributed by atoms with E-state index in [1.165, 1.54) is 32.4 Å². The Morgan fingerprint density at radius 1 is 1.50 bits per heavy atom. The van der Waals surface area contributed by atoms with Crippen LogP contribution < -0.4 is 11.1 Å². The van der Waals surface area contributed by atoms with Gasteiger partial charge in [0.15, 0.2) is 0 Å². The first-order valence-corrected chi connectivity index (χ1v) is 8.17. The third-order valence-corrected chi connectivity index (χ3v) is 4.48. The van der Waals surface area contributed by atoms with Gasteiger partial charge < -0.3 is 16.0 Å². The zero-order valence-electron chi connectivity index (χ0n) is 13.7. The number of nitrogens with two attached hydrogens (primary N) is 1. The van der Waals surface area contributed by atoms with Crippen LogP contribution in [0.3, 0.4) is 0 Å². The Kier molecular flexibility index (Phi) is 6.96. The molecule has 1 fully saturated rings. The van der Waals surface area contributed by atoms with Crippen molar-refractivity contribution in [1.29, 1.82) is 0 Å². The summed E-state index contributed by atoms with van der Waals surface area (Å²) < 4.78 is 0. The van der Waals surface area contributed by atoms with Gasteiger partial charge in [-0.1, -0.05) is 13.3 Å². The molecule has 118 valence electrons. The average molecular weight is 283 g/mol. The lowest BCUT2D eigenvalue weighted by Crippen LogP contribution is -2.55. The molecule has 0 aliphatic carbocycles. The Bertz CT molecular complexity index is 306. The van der Waals surface area contributed by atoms with E-state index in [2.05, 4.69) is 31.0 Å². The second-order valence-electron chi connectivity index (χ2n) is 6.82. The molecule has 0 bridgehead atoms. The molecule has 2 atom stereocenters. The molecule has 0 aromatic rings. The van der Waals surface area contributed by atoms with E-state index in [4.69, 9.17) is 5.73 Å². The Balaban J connectivity index is 2.38. The van der Waals surface area contributed by atoms with Gasteiger partial charge in [0.1, 0.15) is 0 Å². The molecule has 1 aliphatic heterocycles. The second-order valence-corrected chi connectivity index (χ2v) is 6.82. The molecule has 0 aromatic carbocycles. The topological polar surface area (TPSA) is 58.4 Å². The van der Waals surface area contributed by atoms with E-state index < -0.39 is 5.54 Å². The first kappa shape index (κ1) is 17.4. The lowest BCUT2D eigenvalue weighted by atomic mass is 9.92. The van der Waals surface area contributed by atoms with Gasteiger partial charge in [-0.15, -0.1) is 0 Å². The predicted octanol–water partition coefficient (Wildman–Crippen LogP) is 2.13. The normalized spacial score (nSPS) is 23.8. The van der Waals surface area contributed by atoms with Gasteiger partial charge in [0.25, 0.3) is 0 Å². The maximum Gasteiger partial charge on any atom is 0.237 e. The van der Waals surface area contributed by atoms with Crippen LogP contribution in [0, 0.1) is 5.92 Å². The molecule has 20 heavy (non-hydrogen) atoms. The van der Waals surface area contributed by atoms with E-state index in [-0.39, 0.29) is 11.9 Å². The minimum absolute atomic E-state index is 0.240. The number of amides is 1. The molecule has 0 saturated carbocycles. The standard InChI is InChI=1S/C16H33N3O/c1-5-14-8-6-10-19(12-14)11-7-9-16(4,15(17)20)18-13(2)3/h13-14,18H,5-12H2,1-4H3,(H2,17,20). The number of piperidine rings is 1. The highest BCUT2D eigenvalue weighted by Crippen LogP contribution is 2.20. The molecular formula is C16H33N3O. The summed E-state index contributed by atoms with van der Waals surface area (Å²) in [5, 5.41) is 3.32. The van der Waals surface area contributed by atoms with Crippen LogP contribution in [0.15, 0.2) is 0 Å². The van der Waals surface area contributed by atoms with Crippen LogP contribution in [0.4, 0.5) is 0 Å². The maximum atomic E-state index is 11.7. The van der Waals surface area contributed by atoms with Gasteiger partial charge in [0.05, 0.1) is 5.54 Å². The highest BCUT2D eigenvalue weighted by atomic mass is 16.1. The van der Waals surface area contributed by atoms with Gasteiger partial charge in [-0.25, -0.2) is 0 Å². The third kappa shape index (κ3) is 5.41. The lowest BCUT2D eigenvalue weighted by molar-refractivity contribution is -0.124. The number of nitrogens with one attached hydrogen (secondary N) is 1. The SMILES string of the molecule is CCC1CCCN(CCCC(C)(NC(C)C)C(N)=O)C1. The molecule has 1 amide bonds. The van der Waals surface area contributed by atoms with Crippen molar-refractivity contribution in [3.63, 3.8) is 0 Å². The van der Waals surface area contributed by atoms with E-state index in [0.717, 1.165) is 25.3 Å². The molecule has 0 spiro atoms. The van der Waals surface area contributed by atoms with Gasteiger partial charge in [-0.05, 0) is 65.5 Å². The highest BCUT2D eigenvalue weighted by molar-refractivity contribution is 5.84. The molecule has 4 heteroatoms. The van der Waals surface area contributed by atoms with Crippen LogP contribution in [0.25, 0.3) is 0 Å². The highest BCUT2D eigenvalue weighted by Gasteiger charge is 2.31. The fourth-order valence-electron chi connectivity index (χ4n) is 3.25. The van der Waals surface area contributed by atoms with Gasteiger partial charge in [-0.2, -0.15) is 0 Å². The lowest BCUT2D eigenvalue weighted by Gasteiger charge is -2.34. The molecule has 4 nitrogen and oxygen atoms in total. The number of likely N-dealkylation sites (tertiary alicyclic amines) is 1. The van der Waals surface area contributed by atoms with Crippen LogP contribution >= 0.6 is 0 Å². The van der Waals surface area contributed by atoms with E-state index in [1.54, 1.807) is 0 Å². The zero-order chi connectivity index (χ0) is 15.2. The van der Waals surface area contributed by atoms with Gasteiger partial charge in [0.2, 0.25) is 5.91 Å². The second kappa shape index (κ2) is 7.99. The Labute approximate surface area is 124 Å².